The number of ether oxygens (including phenoxy) is 1. The average Bonchev–Trinajstić information content (AvgIpc) is 2.97. The molecule has 2 amide bonds. The van der Waals surface area contributed by atoms with E-state index in [0.717, 1.165) is 9.87 Å². The number of hydrogen-bond donors (Lipinski definition) is 1. The largest absolute Gasteiger partial charge is 0.494 e. The van der Waals surface area contributed by atoms with Gasteiger partial charge in [-0.1, -0.05) is 43.7 Å². The van der Waals surface area contributed by atoms with E-state index in [0.29, 0.717) is 30.8 Å². The SMILES string of the molecule is CCOc1ccc(N(CC(=O)N(Cc2ccc(F)cc2)[C@@H](CC)C(=O)N[C@H](C)CC)S(=O)(=O)c2ccc(C)cc2)cc1. The van der Waals surface area contributed by atoms with E-state index in [1.165, 1.54) is 29.2 Å². The second kappa shape index (κ2) is 14.8. The summed E-state index contributed by atoms with van der Waals surface area (Å²) < 4.78 is 48.1. The molecule has 0 bridgehead atoms. The summed E-state index contributed by atoms with van der Waals surface area (Å²) >= 11 is 0. The van der Waals surface area contributed by atoms with E-state index in [-0.39, 0.29) is 29.1 Å². The predicted molar refractivity (Wildman–Crippen MR) is 162 cm³/mol. The maximum atomic E-state index is 14.1. The van der Waals surface area contributed by atoms with Crippen LogP contribution in [0.4, 0.5) is 10.1 Å². The number of halogens is 1. The number of sulfonamides is 1. The van der Waals surface area contributed by atoms with E-state index in [2.05, 4.69) is 5.32 Å². The normalized spacial score (nSPS) is 12.7. The smallest absolute Gasteiger partial charge is 0.264 e. The van der Waals surface area contributed by atoms with Gasteiger partial charge in [-0.15, -0.1) is 0 Å². The highest BCUT2D eigenvalue weighted by molar-refractivity contribution is 7.92. The van der Waals surface area contributed by atoms with Crippen LogP contribution in [-0.2, 0) is 26.2 Å². The molecular weight excluding hydrogens is 557 g/mol. The Morgan fingerprint density at radius 2 is 1.52 bits per heavy atom. The lowest BCUT2D eigenvalue weighted by Crippen LogP contribution is -2.53. The number of anilines is 1. The maximum Gasteiger partial charge on any atom is 0.264 e. The van der Waals surface area contributed by atoms with Gasteiger partial charge in [0, 0.05) is 12.6 Å². The van der Waals surface area contributed by atoms with Crippen LogP contribution < -0.4 is 14.4 Å². The first-order chi connectivity index (χ1) is 20.0. The molecule has 0 saturated carbocycles. The second-order valence-electron chi connectivity index (χ2n) is 10.1. The van der Waals surface area contributed by atoms with Crippen molar-refractivity contribution in [2.45, 2.75) is 71.0 Å². The molecule has 8 nitrogen and oxygen atoms in total. The average molecular weight is 598 g/mol. The number of rotatable bonds is 14. The number of nitrogens with one attached hydrogen (secondary N) is 1. The number of hydrogen-bond acceptors (Lipinski definition) is 5. The zero-order chi connectivity index (χ0) is 30.9. The Morgan fingerprint density at radius 3 is 2.07 bits per heavy atom. The lowest BCUT2D eigenvalue weighted by Gasteiger charge is -2.33. The molecule has 0 heterocycles. The molecule has 0 aliphatic rings. The fraction of sp³-hybridized carbons (Fsp3) is 0.375. The number of benzene rings is 3. The molecule has 226 valence electrons. The van der Waals surface area contributed by atoms with Gasteiger partial charge in [0.1, 0.15) is 24.2 Å². The number of carbonyl (C=O) groups excluding carboxylic acids is 2. The summed E-state index contributed by atoms with van der Waals surface area (Å²) in [4.78, 5) is 28.8. The molecule has 0 fully saturated rings. The van der Waals surface area contributed by atoms with E-state index in [1.807, 2.05) is 27.7 Å². The summed E-state index contributed by atoms with van der Waals surface area (Å²) in [5.41, 5.74) is 1.76. The summed E-state index contributed by atoms with van der Waals surface area (Å²) in [6, 6.07) is 17.5. The predicted octanol–water partition coefficient (Wildman–Crippen LogP) is 5.45. The highest BCUT2D eigenvalue weighted by Crippen LogP contribution is 2.27. The number of carbonyl (C=O) groups is 2. The van der Waals surface area contributed by atoms with Crippen molar-refractivity contribution < 1.29 is 27.1 Å². The van der Waals surface area contributed by atoms with Crippen LogP contribution in [0.25, 0.3) is 0 Å². The van der Waals surface area contributed by atoms with Crippen molar-refractivity contribution in [2.75, 3.05) is 17.5 Å². The van der Waals surface area contributed by atoms with Crippen molar-refractivity contribution in [1.29, 1.82) is 0 Å². The minimum Gasteiger partial charge on any atom is -0.494 e. The van der Waals surface area contributed by atoms with Gasteiger partial charge in [-0.25, -0.2) is 12.8 Å². The van der Waals surface area contributed by atoms with E-state index in [1.54, 1.807) is 55.5 Å². The van der Waals surface area contributed by atoms with Gasteiger partial charge in [-0.3, -0.25) is 13.9 Å². The minimum atomic E-state index is -4.18. The van der Waals surface area contributed by atoms with Gasteiger partial charge in [0.25, 0.3) is 10.0 Å². The van der Waals surface area contributed by atoms with Gasteiger partial charge in [-0.2, -0.15) is 0 Å². The van der Waals surface area contributed by atoms with Crippen LogP contribution in [0.2, 0.25) is 0 Å². The zero-order valence-corrected chi connectivity index (χ0v) is 25.7. The lowest BCUT2D eigenvalue weighted by atomic mass is 10.1. The fourth-order valence-electron chi connectivity index (χ4n) is 4.39. The molecule has 0 spiro atoms. The van der Waals surface area contributed by atoms with E-state index in [4.69, 9.17) is 4.74 Å². The monoisotopic (exact) mass is 597 g/mol. The Bertz CT molecular complexity index is 1430. The molecule has 1 N–H and O–H groups in total. The molecule has 2 atom stereocenters. The molecule has 3 aromatic rings. The van der Waals surface area contributed by atoms with E-state index >= 15 is 0 Å². The number of nitrogens with zero attached hydrogens (tertiary/aromatic N) is 2. The van der Waals surface area contributed by atoms with Crippen molar-refractivity contribution in [1.82, 2.24) is 10.2 Å². The molecule has 0 aromatic heterocycles. The molecule has 0 radical (unpaired) electrons. The van der Waals surface area contributed by atoms with Gasteiger partial charge in [0.05, 0.1) is 17.2 Å². The summed E-state index contributed by atoms with van der Waals surface area (Å²) in [5.74, 6) is -0.777. The summed E-state index contributed by atoms with van der Waals surface area (Å²) in [6.07, 6.45) is 0.997. The molecule has 10 heteroatoms. The Hall–Kier alpha value is -3.92. The third-order valence-corrected chi connectivity index (χ3v) is 8.76. The van der Waals surface area contributed by atoms with Gasteiger partial charge in [0.15, 0.2) is 0 Å². The lowest BCUT2D eigenvalue weighted by molar-refractivity contribution is -0.140. The van der Waals surface area contributed by atoms with Crippen molar-refractivity contribution in [3.8, 4) is 5.75 Å². The fourth-order valence-corrected chi connectivity index (χ4v) is 5.80. The minimum absolute atomic E-state index is 0.00670. The van der Waals surface area contributed by atoms with Crippen molar-refractivity contribution in [2.24, 2.45) is 0 Å². The van der Waals surface area contributed by atoms with E-state index in [9.17, 15) is 22.4 Å². The Morgan fingerprint density at radius 1 is 0.905 bits per heavy atom. The van der Waals surface area contributed by atoms with Crippen LogP contribution in [0.3, 0.4) is 0 Å². The van der Waals surface area contributed by atoms with E-state index < -0.39 is 34.3 Å². The highest BCUT2D eigenvalue weighted by Gasteiger charge is 2.34. The van der Waals surface area contributed by atoms with Gasteiger partial charge >= 0.3 is 0 Å². The second-order valence-corrected chi connectivity index (χ2v) is 12.0. The van der Waals surface area contributed by atoms with Gasteiger partial charge in [0.2, 0.25) is 11.8 Å². The van der Waals surface area contributed by atoms with Crippen LogP contribution >= 0.6 is 0 Å². The highest BCUT2D eigenvalue weighted by atomic mass is 32.2. The molecule has 0 unspecified atom stereocenters. The van der Waals surface area contributed by atoms with Gasteiger partial charge < -0.3 is 15.0 Å². The van der Waals surface area contributed by atoms with Crippen LogP contribution in [0.15, 0.2) is 77.7 Å². The summed E-state index contributed by atoms with van der Waals surface area (Å²) in [5, 5.41) is 2.94. The Labute approximate surface area is 248 Å². The number of amides is 2. The molecular formula is C32H40FN3O5S. The van der Waals surface area contributed by atoms with Crippen molar-refractivity contribution in [3.05, 3.63) is 89.7 Å². The third kappa shape index (κ3) is 8.31. The molecule has 0 saturated heterocycles. The quantitative estimate of drug-likeness (QED) is 0.267. The number of aryl methyl sites for hydroxylation is 1. The first kappa shape index (κ1) is 32.6. The summed E-state index contributed by atoms with van der Waals surface area (Å²) in [7, 11) is -4.18. The third-order valence-electron chi connectivity index (χ3n) is 6.98. The molecule has 42 heavy (non-hydrogen) atoms. The Balaban J connectivity index is 2.05. The van der Waals surface area contributed by atoms with Crippen molar-refractivity contribution >= 4 is 27.5 Å². The van der Waals surface area contributed by atoms with Crippen LogP contribution in [0.1, 0.15) is 51.7 Å². The first-order valence-electron chi connectivity index (χ1n) is 14.2. The molecule has 3 rings (SSSR count). The van der Waals surface area contributed by atoms with Gasteiger partial charge in [-0.05, 0) is 87.7 Å². The van der Waals surface area contributed by atoms with Crippen LogP contribution in [0.5, 0.6) is 5.75 Å². The zero-order valence-electron chi connectivity index (χ0n) is 24.8. The van der Waals surface area contributed by atoms with Crippen molar-refractivity contribution in [3.63, 3.8) is 0 Å². The first-order valence-corrected chi connectivity index (χ1v) is 15.6. The van der Waals surface area contributed by atoms with Crippen LogP contribution in [-0.4, -0.2) is 50.4 Å². The summed E-state index contributed by atoms with van der Waals surface area (Å²) in [6.45, 7) is 9.19. The Kier molecular flexibility index (Phi) is 11.5. The maximum absolute atomic E-state index is 14.1. The molecule has 0 aliphatic carbocycles. The topological polar surface area (TPSA) is 96.0 Å². The van der Waals surface area contributed by atoms with Crippen LogP contribution in [0, 0.1) is 12.7 Å². The standard InChI is InChI=1S/C32H40FN3O5S/c1-6-24(5)34-32(38)30(7-2)35(21-25-11-13-26(33)14-12-25)31(37)22-36(27-15-17-28(18-16-27)41-8-3)42(39,40)29-19-9-23(4)10-20-29/h9-20,24,30H,6-8,21-22H2,1-5H3,(H,34,38)/t24-,30+/m1/s1. The molecule has 3 aromatic carbocycles. The molecule has 0 aliphatic heterocycles.